The molecule has 2 fully saturated rings. The van der Waals surface area contributed by atoms with Gasteiger partial charge in [-0.05, 0) is 37.5 Å². The maximum absolute atomic E-state index is 12.7. The Kier molecular flexibility index (Phi) is 3.93. The van der Waals surface area contributed by atoms with E-state index in [1.54, 1.807) is 4.90 Å². The molecule has 1 amide bonds. The molecule has 6 nitrogen and oxygen atoms in total. The van der Waals surface area contributed by atoms with Crippen LogP contribution in [0.15, 0.2) is 42.5 Å². The second kappa shape index (κ2) is 6.46. The van der Waals surface area contributed by atoms with Crippen molar-refractivity contribution in [1.29, 1.82) is 0 Å². The molecule has 1 aliphatic heterocycles. The molecule has 27 heavy (non-hydrogen) atoms. The second-order valence-corrected chi connectivity index (χ2v) is 7.72. The van der Waals surface area contributed by atoms with Crippen molar-refractivity contribution in [3.05, 3.63) is 59.5 Å². The number of aromatic amines is 1. The van der Waals surface area contributed by atoms with Crippen molar-refractivity contribution in [2.45, 2.75) is 31.3 Å². The van der Waals surface area contributed by atoms with Gasteiger partial charge in [-0.25, -0.2) is 0 Å². The van der Waals surface area contributed by atoms with E-state index >= 15 is 0 Å². The van der Waals surface area contributed by atoms with E-state index in [-0.39, 0.29) is 11.8 Å². The minimum atomic E-state index is -0.538. The highest BCUT2D eigenvalue weighted by Crippen LogP contribution is 2.39. The van der Waals surface area contributed by atoms with Crippen LogP contribution in [0.4, 0.5) is 0 Å². The summed E-state index contributed by atoms with van der Waals surface area (Å²) in [7, 11) is 0. The van der Waals surface area contributed by atoms with E-state index in [0.29, 0.717) is 31.1 Å². The number of pyridine rings is 1. The lowest BCUT2D eigenvalue weighted by molar-refractivity contribution is 0.0759. The number of aliphatic hydroxyl groups is 1. The molecule has 6 heteroatoms. The lowest BCUT2D eigenvalue weighted by Gasteiger charge is -2.14. The Morgan fingerprint density at radius 2 is 2.04 bits per heavy atom. The number of amides is 1. The first-order valence-corrected chi connectivity index (χ1v) is 9.55. The third-order valence-electron chi connectivity index (χ3n) is 5.66. The van der Waals surface area contributed by atoms with Crippen molar-refractivity contribution in [2.24, 2.45) is 5.92 Å². The summed E-state index contributed by atoms with van der Waals surface area (Å²) in [6.45, 7) is 0.878. The average molecular weight is 362 g/mol. The van der Waals surface area contributed by atoms with Gasteiger partial charge in [0, 0.05) is 41.7 Å². The van der Waals surface area contributed by atoms with Crippen molar-refractivity contribution in [3.8, 4) is 0 Å². The molecule has 3 aromatic rings. The van der Waals surface area contributed by atoms with Gasteiger partial charge in [0.1, 0.15) is 5.69 Å². The lowest BCUT2D eigenvalue weighted by Crippen LogP contribution is -2.29. The number of hydrogen-bond acceptors (Lipinski definition) is 4. The van der Waals surface area contributed by atoms with Gasteiger partial charge in [-0.2, -0.15) is 5.10 Å². The minimum Gasteiger partial charge on any atom is -0.391 e. The third kappa shape index (κ3) is 3.21. The van der Waals surface area contributed by atoms with E-state index in [1.807, 2.05) is 36.4 Å². The lowest BCUT2D eigenvalue weighted by atomic mass is 9.99. The van der Waals surface area contributed by atoms with Crippen LogP contribution < -0.4 is 0 Å². The molecule has 0 bridgehead atoms. The highest BCUT2D eigenvalue weighted by Gasteiger charge is 2.36. The zero-order valence-corrected chi connectivity index (χ0v) is 15.0. The number of aliphatic hydroxyl groups excluding tert-OH is 1. The van der Waals surface area contributed by atoms with Crippen molar-refractivity contribution in [1.82, 2.24) is 20.1 Å². The first kappa shape index (κ1) is 16.4. The fourth-order valence-corrected chi connectivity index (χ4v) is 3.92. The zero-order chi connectivity index (χ0) is 18.4. The zero-order valence-electron chi connectivity index (χ0n) is 15.0. The standard InChI is InChI=1S/C21H22N4O2/c26-20-12-25(21(27)19-10-18(23-24-19)14-5-6-14)11-15(20)9-16-8-7-13-3-1-2-4-17(13)22-16/h1-4,7-8,10,14-15,20,26H,5-6,9,11-12H2,(H,23,24)/t15-,20-/m1/s1. The van der Waals surface area contributed by atoms with E-state index in [1.165, 1.54) is 12.8 Å². The smallest absolute Gasteiger partial charge is 0.274 e. The first-order valence-electron chi connectivity index (χ1n) is 9.55. The minimum absolute atomic E-state index is 0.00976. The number of carbonyl (C=O) groups is 1. The summed E-state index contributed by atoms with van der Waals surface area (Å²) >= 11 is 0. The Morgan fingerprint density at radius 3 is 2.89 bits per heavy atom. The molecular weight excluding hydrogens is 340 g/mol. The Labute approximate surface area is 157 Å². The number of para-hydroxylation sites is 1. The molecule has 3 heterocycles. The Morgan fingerprint density at radius 1 is 1.19 bits per heavy atom. The van der Waals surface area contributed by atoms with Crippen LogP contribution in [-0.2, 0) is 6.42 Å². The summed E-state index contributed by atoms with van der Waals surface area (Å²) in [4.78, 5) is 19.1. The number of nitrogens with one attached hydrogen (secondary N) is 1. The summed E-state index contributed by atoms with van der Waals surface area (Å²) in [5, 5.41) is 18.8. The molecule has 0 spiro atoms. The van der Waals surface area contributed by atoms with Crippen LogP contribution >= 0.6 is 0 Å². The largest absolute Gasteiger partial charge is 0.391 e. The normalized spacial score (nSPS) is 22.5. The molecule has 1 saturated heterocycles. The number of likely N-dealkylation sites (tertiary alicyclic amines) is 1. The fourth-order valence-electron chi connectivity index (χ4n) is 3.92. The summed E-state index contributed by atoms with van der Waals surface area (Å²) in [6, 6.07) is 13.9. The summed E-state index contributed by atoms with van der Waals surface area (Å²) in [6.07, 6.45) is 2.45. The molecule has 2 aliphatic rings. The van der Waals surface area contributed by atoms with Gasteiger partial charge in [0.2, 0.25) is 0 Å². The third-order valence-corrected chi connectivity index (χ3v) is 5.66. The number of hydrogen-bond donors (Lipinski definition) is 2. The predicted octanol–water partition coefficient (Wildman–Crippen LogP) is 2.51. The van der Waals surface area contributed by atoms with Crippen LogP contribution in [-0.4, -0.2) is 50.3 Å². The summed E-state index contributed by atoms with van der Waals surface area (Å²) in [5.41, 5.74) is 3.41. The van der Waals surface area contributed by atoms with Gasteiger partial charge in [0.25, 0.3) is 5.91 Å². The molecule has 0 radical (unpaired) electrons. The van der Waals surface area contributed by atoms with Crippen LogP contribution in [0, 0.1) is 5.92 Å². The van der Waals surface area contributed by atoms with Gasteiger partial charge in [0.15, 0.2) is 0 Å². The van der Waals surface area contributed by atoms with E-state index < -0.39 is 6.10 Å². The molecule has 5 rings (SSSR count). The number of benzene rings is 1. The Hall–Kier alpha value is -2.73. The molecule has 138 valence electrons. The van der Waals surface area contributed by atoms with Gasteiger partial charge in [-0.1, -0.05) is 24.3 Å². The summed E-state index contributed by atoms with van der Waals surface area (Å²) < 4.78 is 0. The maximum Gasteiger partial charge on any atom is 0.274 e. The number of fused-ring (bicyclic) bond motifs is 1. The number of rotatable bonds is 4. The van der Waals surface area contributed by atoms with Gasteiger partial charge in [0.05, 0.1) is 11.6 Å². The van der Waals surface area contributed by atoms with E-state index in [2.05, 4.69) is 16.3 Å². The fraction of sp³-hybridized carbons (Fsp3) is 0.381. The van der Waals surface area contributed by atoms with Crippen LogP contribution in [0.1, 0.15) is 40.6 Å². The predicted molar refractivity (Wildman–Crippen MR) is 101 cm³/mol. The number of β-amino-alcohol motifs (C(OH)–C–C–N with tert-alkyl or cyclic N) is 1. The number of aromatic nitrogens is 3. The van der Waals surface area contributed by atoms with Crippen molar-refractivity contribution in [3.63, 3.8) is 0 Å². The second-order valence-electron chi connectivity index (χ2n) is 7.72. The number of H-pyrrole nitrogens is 1. The van der Waals surface area contributed by atoms with Crippen LogP contribution in [0.25, 0.3) is 10.9 Å². The van der Waals surface area contributed by atoms with Gasteiger partial charge in [-0.15, -0.1) is 0 Å². The van der Waals surface area contributed by atoms with Gasteiger partial charge < -0.3 is 10.0 Å². The van der Waals surface area contributed by atoms with E-state index in [0.717, 1.165) is 22.3 Å². The van der Waals surface area contributed by atoms with E-state index in [4.69, 9.17) is 4.98 Å². The van der Waals surface area contributed by atoms with Gasteiger partial charge in [-0.3, -0.25) is 14.9 Å². The topological polar surface area (TPSA) is 82.1 Å². The number of carbonyl (C=O) groups excluding carboxylic acids is 1. The molecule has 2 aromatic heterocycles. The highest BCUT2D eigenvalue weighted by atomic mass is 16.3. The van der Waals surface area contributed by atoms with Crippen LogP contribution in [0.3, 0.4) is 0 Å². The van der Waals surface area contributed by atoms with Crippen LogP contribution in [0.2, 0.25) is 0 Å². The molecule has 2 atom stereocenters. The number of nitrogens with zero attached hydrogens (tertiary/aromatic N) is 3. The Bertz CT molecular complexity index is 995. The molecule has 2 N–H and O–H groups in total. The van der Waals surface area contributed by atoms with Crippen LogP contribution in [0.5, 0.6) is 0 Å². The monoisotopic (exact) mass is 362 g/mol. The van der Waals surface area contributed by atoms with Crippen molar-refractivity contribution >= 4 is 16.8 Å². The average Bonchev–Trinajstić information content (AvgIpc) is 3.31. The van der Waals surface area contributed by atoms with Crippen molar-refractivity contribution in [2.75, 3.05) is 13.1 Å². The highest BCUT2D eigenvalue weighted by molar-refractivity contribution is 5.92. The molecule has 1 saturated carbocycles. The quantitative estimate of drug-likeness (QED) is 0.747. The van der Waals surface area contributed by atoms with E-state index in [9.17, 15) is 9.90 Å². The molecular formula is C21H22N4O2. The molecule has 1 aromatic carbocycles. The molecule has 0 unspecified atom stereocenters. The first-order chi connectivity index (χ1) is 13.2. The Balaban J connectivity index is 1.28. The molecule has 1 aliphatic carbocycles. The van der Waals surface area contributed by atoms with Crippen molar-refractivity contribution < 1.29 is 9.90 Å². The summed E-state index contributed by atoms with van der Waals surface area (Å²) in [5.74, 6) is 0.422. The SMILES string of the molecule is O=C(c1cc(C2CC2)[nH]n1)N1C[C@@H](Cc2ccc3ccccc3n2)[C@H](O)C1. The maximum atomic E-state index is 12.7. The van der Waals surface area contributed by atoms with Gasteiger partial charge >= 0.3 is 0 Å².